The topological polar surface area (TPSA) is 12.5 Å². The molecule has 0 amide bonds. The van der Waals surface area contributed by atoms with Crippen molar-refractivity contribution in [1.29, 1.82) is 0 Å². The van der Waals surface area contributed by atoms with E-state index in [1.54, 1.807) is 30.3 Å². The van der Waals surface area contributed by atoms with Crippen LogP contribution >= 0.6 is 12.4 Å². The van der Waals surface area contributed by atoms with E-state index >= 15 is 0 Å². The summed E-state index contributed by atoms with van der Waals surface area (Å²) in [7, 11) is 3.89. The van der Waals surface area contributed by atoms with E-state index in [-0.39, 0.29) is 24.0 Å². The Morgan fingerprint density at radius 2 is 1.64 bits per heavy atom. The molecule has 2 aromatic rings. The first-order valence-corrected chi connectivity index (χ1v) is 6.84. The number of likely N-dealkylation sites (N-methyl/N-ethyl adjacent to an activating group) is 1. The van der Waals surface area contributed by atoms with Crippen LogP contribution in [-0.4, -0.2) is 32.1 Å². The summed E-state index contributed by atoms with van der Waals surface area (Å²) in [5.41, 5.74) is 1.20. The molecule has 5 heteroatoms. The summed E-state index contributed by atoms with van der Waals surface area (Å²) in [4.78, 5) is 1.99. The molecule has 2 nitrogen and oxygen atoms in total. The quantitative estimate of drug-likeness (QED) is 0.793. The standard InChI is InChI=1S/C17H19F2NO.ClH/c1-20(2)11-12-21-17(13-7-9-14(18)10-8-13)15-5-3-4-6-16(15)19;/h3-10,17H,11-12H2,1-2H3;1H. The second-order valence-electron chi connectivity index (χ2n) is 5.13. The SMILES string of the molecule is CN(C)CCOC(c1ccc(F)cc1)c1ccccc1F.Cl. The molecular weight excluding hydrogens is 308 g/mol. The summed E-state index contributed by atoms with van der Waals surface area (Å²) in [6.07, 6.45) is -0.535. The Hall–Kier alpha value is -1.49. The highest BCUT2D eigenvalue weighted by Crippen LogP contribution is 2.28. The minimum absolute atomic E-state index is 0. The number of rotatable bonds is 6. The van der Waals surface area contributed by atoms with E-state index in [0.717, 1.165) is 12.1 Å². The van der Waals surface area contributed by atoms with Crippen molar-refractivity contribution in [2.45, 2.75) is 6.10 Å². The van der Waals surface area contributed by atoms with Gasteiger partial charge < -0.3 is 9.64 Å². The van der Waals surface area contributed by atoms with Gasteiger partial charge in [0.15, 0.2) is 0 Å². The predicted molar refractivity (Wildman–Crippen MR) is 86.4 cm³/mol. The monoisotopic (exact) mass is 327 g/mol. The maximum atomic E-state index is 14.0. The molecule has 1 atom stereocenters. The first kappa shape index (κ1) is 18.6. The van der Waals surface area contributed by atoms with E-state index in [0.29, 0.717) is 12.2 Å². The molecule has 0 radical (unpaired) electrons. The lowest BCUT2D eigenvalue weighted by atomic mass is 10.0. The summed E-state index contributed by atoms with van der Waals surface area (Å²) in [6.45, 7) is 1.19. The van der Waals surface area contributed by atoms with Crippen LogP contribution in [0.4, 0.5) is 8.78 Å². The lowest BCUT2D eigenvalue weighted by molar-refractivity contribution is 0.0665. The van der Waals surface area contributed by atoms with Crippen molar-refractivity contribution in [1.82, 2.24) is 4.90 Å². The zero-order valence-corrected chi connectivity index (χ0v) is 13.4. The highest BCUT2D eigenvalue weighted by Gasteiger charge is 2.18. The number of hydrogen-bond acceptors (Lipinski definition) is 2. The van der Waals surface area contributed by atoms with Crippen LogP contribution in [0.2, 0.25) is 0 Å². The molecule has 2 aromatic carbocycles. The van der Waals surface area contributed by atoms with E-state index in [9.17, 15) is 8.78 Å². The Morgan fingerprint density at radius 1 is 1.00 bits per heavy atom. The molecule has 2 rings (SSSR count). The van der Waals surface area contributed by atoms with Crippen LogP contribution < -0.4 is 0 Å². The van der Waals surface area contributed by atoms with Crippen LogP contribution in [0.1, 0.15) is 17.2 Å². The Morgan fingerprint density at radius 3 is 2.23 bits per heavy atom. The van der Waals surface area contributed by atoms with Gasteiger partial charge in [0.2, 0.25) is 0 Å². The fourth-order valence-electron chi connectivity index (χ4n) is 2.04. The second kappa shape index (κ2) is 8.83. The maximum Gasteiger partial charge on any atom is 0.129 e. The maximum absolute atomic E-state index is 14.0. The van der Waals surface area contributed by atoms with E-state index in [1.165, 1.54) is 18.2 Å². The van der Waals surface area contributed by atoms with Gasteiger partial charge in [0.25, 0.3) is 0 Å². The molecule has 22 heavy (non-hydrogen) atoms. The van der Waals surface area contributed by atoms with Crippen LogP contribution in [0.25, 0.3) is 0 Å². The van der Waals surface area contributed by atoms with E-state index in [2.05, 4.69) is 0 Å². The van der Waals surface area contributed by atoms with Crippen molar-refractivity contribution in [3.63, 3.8) is 0 Å². The van der Waals surface area contributed by atoms with Gasteiger partial charge in [-0.25, -0.2) is 8.78 Å². The van der Waals surface area contributed by atoms with Gasteiger partial charge >= 0.3 is 0 Å². The molecule has 0 aliphatic carbocycles. The summed E-state index contributed by atoms with van der Waals surface area (Å²) < 4.78 is 32.9. The van der Waals surface area contributed by atoms with Gasteiger partial charge in [0.1, 0.15) is 17.7 Å². The number of benzene rings is 2. The van der Waals surface area contributed by atoms with Crippen LogP contribution in [0, 0.1) is 11.6 Å². The highest BCUT2D eigenvalue weighted by molar-refractivity contribution is 5.85. The molecule has 0 saturated carbocycles. The van der Waals surface area contributed by atoms with Gasteiger partial charge in [-0.15, -0.1) is 12.4 Å². The summed E-state index contributed by atoms with van der Waals surface area (Å²) in [5.74, 6) is -0.643. The van der Waals surface area contributed by atoms with Crippen molar-refractivity contribution < 1.29 is 13.5 Å². The van der Waals surface area contributed by atoms with Gasteiger partial charge in [-0.3, -0.25) is 0 Å². The number of halogens is 3. The normalized spacial score (nSPS) is 12.0. The lowest BCUT2D eigenvalue weighted by Crippen LogP contribution is -2.20. The van der Waals surface area contributed by atoms with Crippen molar-refractivity contribution in [2.75, 3.05) is 27.2 Å². The van der Waals surface area contributed by atoms with E-state index < -0.39 is 6.10 Å². The van der Waals surface area contributed by atoms with Crippen LogP contribution in [0.3, 0.4) is 0 Å². The fraction of sp³-hybridized carbons (Fsp3) is 0.294. The molecule has 120 valence electrons. The van der Waals surface area contributed by atoms with Gasteiger partial charge in [-0.05, 0) is 37.9 Å². The van der Waals surface area contributed by atoms with Crippen molar-refractivity contribution in [2.24, 2.45) is 0 Å². The van der Waals surface area contributed by atoms with Gasteiger partial charge in [-0.1, -0.05) is 30.3 Å². The predicted octanol–water partition coefficient (Wildman–Crippen LogP) is 4.05. The minimum Gasteiger partial charge on any atom is -0.367 e. The summed E-state index contributed by atoms with van der Waals surface area (Å²) >= 11 is 0. The molecule has 0 aliphatic rings. The van der Waals surface area contributed by atoms with Gasteiger partial charge in [-0.2, -0.15) is 0 Å². The Labute approximate surface area is 136 Å². The molecule has 0 spiro atoms. The fourth-order valence-corrected chi connectivity index (χ4v) is 2.04. The van der Waals surface area contributed by atoms with E-state index in [1.807, 2.05) is 19.0 Å². The van der Waals surface area contributed by atoms with Crippen LogP contribution in [0.5, 0.6) is 0 Å². The average molecular weight is 328 g/mol. The average Bonchev–Trinajstić information content (AvgIpc) is 2.46. The molecule has 0 heterocycles. The first-order valence-electron chi connectivity index (χ1n) is 6.84. The third-order valence-corrected chi connectivity index (χ3v) is 3.18. The van der Waals surface area contributed by atoms with Crippen LogP contribution in [-0.2, 0) is 4.74 Å². The third-order valence-electron chi connectivity index (χ3n) is 3.18. The largest absolute Gasteiger partial charge is 0.367 e. The van der Waals surface area contributed by atoms with Gasteiger partial charge in [0, 0.05) is 12.1 Å². The zero-order chi connectivity index (χ0) is 15.2. The van der Waals surface area contributed by atoms with Crippen molar-refractivity contribution >= 4 is 12.4 Å². The molecule has 0 aromatic heterocycles. The van der Waals surface area contributed by atoms with Crippen molar-refractivity contribution in [3.8, 4) is 0 Å². The zero-order valence-electron chi connectivity index (χ0n) is 12.6. The minimum atomic E-state index is -0.535. The molecule has 0 saturated heterocycles. The Bertz CT molecular complexity index is 575. The molecule has 0 aliphatic heterocycles. The number of ether oxygens (including phenoxy) is 1. The van der Waals surface area contributed by atoms with Crippen molar-refractivity contribution in [3.05, 3.63) is 71.3 Å². The number of nitrogens with zero attached hydrogens (tertiary/aromatic N) is 1. The van der Waals surface area contributed by atoms with E-state index in [4.69, 9.17) is 4.74 Å². The van der Waals surface area contributed by atoms with Crippen LogP contribution in [0.15, 0.2) is 48.5 Å². The smallest absolute Gasteiger partial charge is 0.129 e. The second-order valence-corrected chi connectivity index (χ2v) is 5.13. The Balaban J connectivity index is 0.00000242. The lowest BCUT2D eigenvalue weighted by Gasteiger charge is -2.20. The summed E-state index contributed by atoms with van der Waals surface area (Å²) in [5, 5.41) is 0. The first-order chi connectivity index (χ1) is 10.1. The molecule has 1 unspecified atom stereocenters. The molecule has 0 fully saturated rings. The number of hydrogen-bond donors (Lipinski definition) is 0. The third kappa shape index (κ3) is 5.05. The Kier molecular flexibility index (Phi) is 7.45. The highest BCUT2D eigenvalue weighted by atomic mass is 35.5. The summed E-state index contributed by atoms with van der Waals surface area (Å²) in [6, 6.07) is 12.5. The molecular formula is C17H20ClF2NO. The molecule has 0 bridgehead atoms. The molecule has 0 N–H and O–H groups in total. The van der Waals surface area contributed by atoms with Gasteiger partial charge in [0.05, 0.1) is 6.61 Å².